The standard InChI is InChI=1S/C16H23ClO3/c1-4-12(2)16(18)9-15(10-17)20-11-13-5-7-14(19-3)8-6-13/h4-8,12,15-16,18H,1,9-11H2,2-3H3/t12-,15-,16-/m0/s1. The zero-order valence-corrected chi connectivity index (χ0v) is 12.8. The number of ether oxygens (including phenoxy) is 2. The van der Waals surface area contributed by atoms with Crippen molar-refractivity contribution in [2.45, 2.75) is 32.2 Å². The third-order valence-electron chi connectivity index (χ3n) is 3.30. The zero-order chi connectivity index (χ0) is 15.0. The molecule has 0 aliphatic carbocycles. The normalized spacial score (nSPS) is 15.4. The number of aliphatic hydroxyl groups excluding tert-OH is 1. The molecule has 112 valence electrons. The average Bonchev–Trinajstić information content (AvgIpc) is 2.50. The number of rotatable bonds is 9. The van der Waals surface area contributed by atoms with Crippen molar-refractivity contribution in [3.63, 3.8) is 0 Å². The van der Waals surface area contributed by atoms with E-state index in [0.29, 0.717) is 18.9 Å². The van der Waals surface area contributed by atoms with Gasteiger partial charge in [-0.15, -0.1) is 18.2 Å². The van der Waals surface area contributed by atoms with Crippen LogP contribution in [0, 0.1) is 5.92 Å². The smallest absolute Gasteiger partial charge is 0.118 e. The van der Waals surface area contributed by atoms with E-state index in [9.17, 15) is 5.11 Å². The van der Waals surface area contributed by atoms with E-state index in [2.05, 4.69) is 6.58 Å². The SMILES string of the molecule is C=C[C@H](C)[C@@H](O)C[C@@H](CCl)OCc1ccc(OC)cc1. The second-order valence-corrected chi connectivity index (χ2v) is 5.14. The summed E-state index contributed by atoms with van der Waals surface area (Å²) >= 11 is 5.89. The Labute approximate surface area is 126 Å². The van der Waals surface area contributed by atoms with Gasteiger partial charge in [-0.05, 0) is 23.6 Å². The van der Waals surface area contributed by atoms with Crippen molar-refractivity contribution in [1.82, 2.24) is 0 Å². The Balaban J connectivity index is 2.45. The lowest BCUT2D eigenvalue weighted by molar-refractivity contribution is 0.00779. The number of benzene rings is 1. The summed E-state index contributed by atoms with van der Waals surface area (Å²) in [4.78, 5) is 0. The largest absolute Gasteiger partial charge is 0.497 e. The fourth-order valence-corrected chi connectivity index (χ4v) is 1.97. The lowest BCUT2D eigenvalue weighted by Crippen LogP contribution is -2.26. The van der Waals surface area contributed by atoms with Crippen LogP contribution in [0.5, 0.6) is 5.75 Å². The Hall–Kier alpha value is -1.03. The molecule has 3 atom stereocenters. The van der Waals surface area contributed by atoms with Gasteiger partial charge in [0.15, 0.2) is 0 Å². The summed E-state index contributed by atoms with van der Waals surface area (Å²) in [6, 6.07) is 7.69. The van der Waals surface area contributed by atoms with Crippen molar-refractivity contribution in [3.8, 4) is 5.75 Å². The fourth-order valence-electron chi connectivity index (χ4n) is 1.75. The summed E-state index contributed by atoms with van der Waals surface area (Å²) in [5.74, 6) is 1.21. The summed E-state index contributed by atoms with van der Waals surface area (Å²) in [7, 11) is 1.64. The topological polar surface area (TPSA) is 38.7 Å². The number of hydrogen-bond acceptors (Lipinski definition) is 3. The van der Waals surface area contributed by atoms with Gasteiger partial charge in [-0.3, -0.25) is 0 Å². The third-order valence-corrected chi connectivity index (χ3v) is 3.64. The number of aliphatic hydroxyl groups is 1. The lowest BCUT2D eigenvalue weighted by Gasteiger charge is -2.21. The third kappa shape index (κ3) is 5.53. The number of alkyl halides is 1. The molecule has 0 saturated heterocycles. The van der Waals surface area contributed by atoms with Gasteiger partial charge in [0, 0.05) is 12.3 Å². The van der Waals surface area contributed by atoms with Crippen molar-refractivity contribution in [1.29, 1.82) is 0 Å². The van der Waals surface area contributed by atoms with E-state index < -0.39 is 6.10 Å². The van der Waals surface area contributed by atoms with Crippen LogP contribution in [0.15, 0.2) is 36.9 Å². The highest BCUT2D eigenvalue weighted by molar-refractivity contribution is 6.18. The molecule has 4 heteroatoms. The minimum atomic E-state index is -0.480. The first-order chi connectivity index (χ1) is 9.60. The molecule has 1 aromatic carbocycles. The van der Waals surface area contributed by atoms with E-state index in [4.69, 9.17) is 21.1 Å². The van der Waals surface area contributed by atoms with E-state index in [1.54, 1.807) is 13.2 Å². The van der Waals surface area contributed by atoms with Crippen LogP contribution in [-0.4, -0.2) is 30.3 Å². The van der Waals surface area contributed by atoms with Gasteiger partial charge >= 0.3 is 0 Å². The summed E-state index contributed by atoms with van der Waals surface area (Å²) in [5.41, 5.74) is 1.05. The first kappa shape index (κ1) is 17.0. The molecular formula is C16H23ClO3. The lowest BCUT2D eigenvalue weighted by atomic mass is 10.00. The molecule has 1 aromatic rings. The van der Waals surface area contributed by atoms with Crippen LogP contribution in [-0.2, 0) is 11.3 Å². The van der Waals surface area contributed by atoms with Gasteiger partial charge in [0.05, 0.1) is 25.9 Å². The Kier molecular flexibility index (Phi) is 7.67. The number of hydrogen-bond donors (Lipinski definition) is 1. The summed E-state index contributed by atoms with van der Waals surface area (Å²) in [6.45, 7) is 6.07. The molecule has 0 fully saturated rings. The Morgan fingerprint density at radius 2 is 2.00 bits per heavy atom. The molecule has 0 spiro atoms. The van der Waals surface area contributed by atoms with Crippen molar-refractivity contribution < 1.29 is 14.6 Å². The van der Waals surface area contributed by atoms with Gasteiger partial charge in [-0.2, -0.15) is 0 Å². The highest BCUT2D eigenvalue weighted by Gasteiger charge is 2.18. The molecule has 1 N–H and O–H groups in total. The molecule has 0 aliphatic heterocycles. The monoisotopic (exact) mass is 298 g/mol. The zero-order valence-electron chi connectivity index (χ0n) is 12.1. The van der Waals surface area contributed by atoms with Crippen LogP contribution in [0.25, 0.3) is 0 Å². The Morgan fingerprint density at radius 3 is 2.50 bits per heavy atom. The van der Waals surface area contributed by atoms with Crippen molar-refractivity contribution in [3.05, 3.63) is 42.5 Å². The van der Waals surface area contributed by atoms with Crippen LogP contribution < -0.4 is 4.74 Å². The molecular weight excluding hydrogens is 276 g/mol. The van der Waals surface area contributed by atoms with E-state index >= 15 is 0 Å². The molecule has 0 aromatic heterocycles. The second kappa shape index (κ2) is 9.01. The highest BCUT2D eigenvalue weighted by Crippen LogP contribution is 2.16. The van der Waals surface area contributed by atoms with Gasteiger partial charge in [0.1, 0.15) is 5.75 Å². The van der Waals surface area contributed by atoms with Crippen molar-refractivity contribution in [2.75, 3.05) is 13.0 Å². The predicted molar refractivity (Wildman–Crippen MR) is 82.3 cm³/mol. The van der Waals surface area contributed by atoms with Crippen LogP contribution in [0.4, 0.5) is 0 Å². The van der Waals surface area contributed by atoms with E-state index in [1.807, 2.05) is 31.2 Å². The van der Waals surface area contributed by atoms with Gasteiger partial charge < -0.3 is 14.6 Å². The number of halogens is 1. The maximum atomic E-state index is 9.96. The van der Waals surface area contributed by atoms with Gasteiger partial charge in [0.2, 0.25) is 0 Å². The Bertz CT molecular complexity index is 391. The molecule has 20 heavy (non-hydrogen) atoms. The maximum absolute atomic E-state index is 9.96. The molecule has 0 bridgehead atoms. The van der Waals surface area contributed by atoms with Crippen LogP contribution in [0.3, 0.4) is 0 Å². The second-order valence-electron chi connectivity index (χ2n) is 4.83. The van der Waals surface area contributed by atoms with Gasteiger partial charge in [0.25, 0.3) is 0 Å². The predicted octanol–water partition coefficient (Wildman–Crippen LogP) is 3.39. The van der Waals surface area contributed by atoms with Crippen molar-refractivity contribution >= 4 is 11.6 Å². The van der Waals surface area contributed by atoms with E-state index in [-0.39, 0.29) is 12.0 Å². The van der Waals surface area contributed by atoms with E-state index in [0.717, 1.165) is 11.3 Å². The van der Waals surface area contributed by atoms with E-state index in [1.165, 1.54) is 0 Å². The molecule has 0 radical (unpaired) electrons. The van der Waals surface area contributed by atoms with Gasteiger partial charge in [-0.1, -0.05) is 25.1 Å². The maximum Gasteiger partial charge on any atom is 0.118 e. The fraction of sp³-hybridized carbons (Fsp3) is 0.500. The first-order valence-electron chi connectivity index (χ1n) is 6.71. The molecule has 0 heterocycles. The van der Waals surface area contributed by atoms with Gasteiger partial charge in [-0.25, -0.2) is 0 Å². The quantitative estimate of drug-likeness (QED) is 0.561. The highest BCUT2D eigenvalue weighted by atomic mass is 35.5. The first-order valence-corrected chi connectivity index (χ1v) is 7.25. The molecule has 0 amide bonds. The molecule has 0 saturated carbocycles. The molecule has 0 aliphatic rings. The molecule has 0 unspecified atom stereocenters. The van der Waals surface area contributed by atoms with Crippen LogP contribution >= 0.6 is 11.6 Å². The minimum absolute atomic E-state index is 0.0327. The average molecular weight is 299 g/mol. The Morgan fingerprint density at radius 1 is 1.35 bits per heavy atom. The van der Waals surface area contributed by atoms with Crippen LogP contribution in [0.1, 0.15) is 18.9 Å². The molecule has 1 rings (SSSR count). The van der Waals surface area contributed by atoms with Crippen molar-refractivity contribution in [2.24, 2.45) is 5.92 Å². The minimum Gasteiger partial charge on any atom is -0.497 e. The summed E-state index contributed by atoms with van der Waals surface area (Å²) < 4.78 is 10.9. The summed E-state index contributed by atoms with van der Waals surface area (Å²) in [6.07, 6.45) is 1.59. The molecule has 3 nitrogen and oxygen atoms in total. The number of methoxy groups -OCH3 is 1. The summed E-state index contributed by atoms with van der Waals surface area (Å²) in [5, 5.41) is 9.96. The van der Waals surface area contributed by atoms with Crippen LogP contribution in [0.2, 0.25) is 0 Å².